The Labute approximate surface area is 119 Å². The monoisotopic (exact) mass is 279 g/mol. The Morgan fingerprint density at radius 3 is 2.45 bits per heavy atom. The van der Waals surface area contributed by atoms with E-state index in [1.54, 1.807) is 13.8 Å². The second-order valence-electron chi connectivity index (χ2n) is 4.78. The van der Waals surface area contributed by atoms with E-state index >= 15 is 0 Å². The van der Waals surface area contributed by atoms with Crippen molar-refractivity contribution >= 4 is 11.9 Å². The molecule has 1 rings (SSSR count). The first kappa shape index (κ1) is 16.2. The van der Waals surface area contributed by atoms with E-state index in [0.717, 1.165) is 5.56 Å². The van der Waals surface area contributed by atoms with Gasteiger partial charge in [-0.1, -0.05) is 30.3 Å². The smallest absolute Gasteiger partial charge is 0.323 e. The average molecular weight is 279 g/mol. The van der Waals surface area contributed by atoms with E-state index in [9.17, 15) is 9.59 Å². The molecule has 0 saturated heterocycles. The lowest BCUT2D eigenvalue weighted by Gasteiger charge is -2.13. The molecule has 0 aliphatic heterocycles. The van der Waals surface area contributed by atoms with E-state index in [1.807, 2.05) is 30.3 Å². The van der Waals surface area contributed by atoms with Crippen LogP contribution in [-0.2, 0) is 25.7 Å². The van der Waals surface area contributed by atoms with Crippen molar-refractivity contribution in [3.63, 3.8) is 0 Å². The topological polar surface area (TPSA) is 78.6 Å². The normalized spacial score (nSPS) is 12.0. The molecule has 0 aliphatic rings. The van der Waals surface area contributed by atoms with E-state index in [4.69, 9.17) is 15.2 Å². The Morgan fingerprint density at radius 1 is 1.20 bits per heavy atom. The molecule has 0 unspecified atom stereocenters. The average Bonchev–Trinajstić information content (AvgIpc) is 2.42. The van der Waals surface area contributed by atoms with Crippen molar-refractivity contribution in [1.82, 2.24) is 0 Å². The molecule has 0 fully saturated rings. The van der Waals surface area contributed by atoms with Crippen LogP contribution in [-0.4, -0.2) is 24.1 Å². The summed E-state index contributed by atoms with van der Waals surface area (Å²) in [5, 5.41) is 0. The minimum Gasteiger partial charge on any atom is -0.462 e. The van der Waals surface area contributed by atoms with Crippen molar-refractivity contribution in [2.24, 2.45) is 5.73 Å². The number of esters is 2. The first-order valence-electron chi connectivity index (χ1n) is 6.64. The number of hydrogen-bond donors (Lipinski definition) is 1. The quantitative estimate of drug-likeness (QED) is 0.770. The van der Waals surface area contributed by atoms with Crippen molar-refractivity contribution < 1.29 is 19.1 Å². The van der Waals surface area contributed by atoms with Crippen LogP contribution in [0.2, 0.25) is 0 Å². The van der Waals surface area contributed by atoms with Crippen LogP contribution in [0.15, 0.2) is 30.3 Å². The van der Waals surface area contributed by atoms with Gasteiger partial charge >= 0.3 is 11.9 Å². The molecule has 0 aromatic heterocycles. The molecular weight excluding hydrogens is 258 g/mol. The molecule has 0 saturated carbocycles. The number of carbonyl (C=O) groups excluding carboxylic acids is 2. The molecule has 1 aromatic carbocycles. The van der Waals surface area contributed by atoms with Gasteiger partial charge in [-0.3, -0.25) is 9.59 Å². The highest BCUT2D eigenvalue weighted by Crippen LogP contribution is 2.05. The van der Waals surface area contributed by atoms with Crippen LogP contribution in [0.1, 0.15) is 32.3 Å². The van der Waals surface area contributed by atoms with Crippen molar-refractivity contribution in [1.29, 1.82) is 0 Å². The molecule has 0 aliphatic carbocycles. The van der Waals surface area contributed by atoms with E-state index in [1.165, 1.54) is 0 Å². The molecule has 0 heterocycles. The van der Waals surface area contributed by atoms with E-state index in [0.29, 0.717) is 0 Å². The fourth-order valence-electron chi connectivity index (χ4n) is 1.52. The Balaban J connectivity index is 2.24. The fourth-order valence-corrected chi connectivity index (χ4v) is 1.52. The molecule has 20 heavy (non-hydrogen) atoms. The van der Waals surface area contributed by atoms with Crippen LogP contribution in [0.4, 0.5) is 0 Å². The molecule has 5 heteroatoms. The second-order valence-corrected chi connectivity index (χ2v) is 4.78. The van der Waals surface area contributed by atoms with Gasteiger partial charge in [0.25, 0.3) is 0 Å². The van der Waals surface area contributed by atoms with Crippen LogP contribution < -0.4 is 5.73 Å². The highest BCUT2D eigenvalue weighted by atomic mass is 16.5. The number of rotatable bonds is 7. The lowest BCUT2D eigenvalue weighted by atomic mass is 10.1. The zero-order valence-corrected chi connectivity index (χ0v) is 11.9. The van der Waals surface area contributed by atoms with Gasteiger partial charge in [-0.25, -0.2) is 0 Å². The highest BCUT2D eigenvalue weighted by Gasteiger charge is 2.18. The maximum absolute atomic E-state index is 11.5. The number of carbonyl (C=O) groups is 2. The zero-order chi connectivity index (χ0) is 15.0. The third kappa shape index (κ3) is 6.33. The maximum Gasteiger partial charge on any atom is 0.323 e. The van der Waals surface area contributed by atoms with Gasteiger partial charge in [0.2, 0.25) is 0 Å². The first-order chi connectivity index (χ1) is 9.49. The molecule has 1 atom stereocenters. The van der Waals surface area contributed by atoms with Gasteiger partial charge in [0.15, 0.2) is 0 Å². The predicted octanol–water partition coefficient (Wildman–Crippen LogP) is 1.79. The molecular formula is C15H21NO4. The Hall–Kier alpha value is -1.88. The minimum atomic E-state index is -0.790. The van der Waals surface area contributed by atoms with Gasteiger partial charge in [-0.05, 0) is 25.8 Å². The molecule has 110 valence electrons. The molecule has 1 aromatic rings. The van der Waals surface area contributed by atoms with Crippen LogP contribution in [0, 0.1) is 0 Å². The van der Waals surface area contributed by atoms with Crippen LogP contribution >= 0.6 is 0 Å². The van der Waals surface area contributed by atoms with Gasteiger partial charge in [-0.2, -0.15) is 0 Å². The number of benzene rings is 1. The predicted molar refractivity (Wildman–Crippen MR) is 74.7 cm³/mol. The van der Waals surface area contributed by atoms with Crippen LogP contribution in [0.25, 0.3) is 0 Å². The maximum atomic E-state index is 11.5. The van der Waals surface area contributed by atoms with Gasteiger partial charge < -0.3 is 15.2 Å². The summed E-state index contributed by atoms with van der Waals surface area (Å²) < 4.78 is 10.1. The Bertz CT molecular complexity index is 431. The van der Waals surface area contributed by atoms with Crippen molar-refractivity contribution in [2.75, 3.05) is 0 Å². The van der Waals surface area contributed by atoms with Crippen molar-refractivity contribution in [3.8, 4) is 0 Å². The first-order valence-corrected chi connectivity index (χ1v) is 6.64. The Morgan fingerprint density at radius 2 is 1.85 bits per heavy atom. The molecule has 2 N–H and O–H groups in total. The summed E-state index contributed by atoms with van der Waals surface area (Å²) in [5.74, 6) is -0.863. The van der Waals surface area contributed by atoms with Gasteiger partial charge in [-0.15, -0.1) is 0 Å². The third-order valence-corrected chi connectivity index (χ3v) is 2.56. The molecule has 0 bridgehead atoms. The standard InChI is InChI=1S/C15H21NO4/c1-11(2)20-15(18)13(16)8-9-14(17)19-10-12-6-4-3-5-7-12/h3-7,11,13H,8-10,16H2,1-2H3/t13-/m0/s1. The van der Waals surface area contributed by atoms with Gasteiger partial charge in [0.05, 0.1) is 6.10 Å². The summed E-state index contributed by atoms with van der Waals surface area (Å²) >= 11 is 0. The summed E-state index contributed by atoms with van der Waals surface area (Å²) in [7, 11) is 0. The highest BCUT2D eigenvalue weighted by molar-refractivity contribution is 5.77. The van der Waals surface area contributed by atoms with Crippen LogP contribution in [0.5, 0.6) is 0 Å². The summed E-state index contributed by atoms with van der Waals surface area (Å²) in [6.45, 7) is 3.73. The SMILES string of the molecule is CC(C)OC(=O)[C@@H](N)CCC(=O)OCc1ccccc1. The van der Waals surface area contributed by atoms with E-state index in [2.05, 4.69) is 0 Å². The zero-order valence-electron chi connectivity index (χ0n) is 11.9. The lowest BCUT2D eigenvalue weighted by Crippen LogP contribution is -2.34. The molecule has 0 spiro atoms. The summed E-state index contributed by atoms with van der Waals surface area (Å²) in [6.07, 6.45) is 0.110. The van der Waals surface area contributed by atoms with Gasteiger partial charge in [0, 0.05) is 6.42 Å². The third-order valence-electron chi connectivity index (χ3n) is 2.56. The summed E-state index contributed by atoms with van der Waals surface area (Å²) in [6, 6.07) is 8.60. The van der Waals surface area contributed by atoms with Crippen LogP contribution in [0.3, 0.4) is 0 Å². The fraction of sp³-hybridized carbons (Fsp3) is 0.467. The molecule has 0 radical (unpaired) electrons. The minimum absolute atomic E-state index is 0.0984. The molecule has 0 amide bonds. The number of nitrogens with two attached hydrogens (primary N) is 1. The number of ether oxygens (including phenoxy) is 2. The van der Waals surface area contributed by atoms with Crippen molar-refractivity contribution in [3.05, 3.63) is 35.9 Å². The second kappa shape index (κ2) is 8.32. The van der Waals surface area contributed by atoms with Crippen molar-refractivity contribution in [2.45, 2.75) is 45.4 Å². The summed E-state index contributed by atoms with van der Waals surface area (Å²) in [5.41, 5.74) is 6.56. The van der Waals surface area contributed by atoms with E-state index in [-0.39, 0.29) is 31.5 Å². The summed E-state index contributed by atoms with van der Waals surface area (Å²) in [4.78, 5) is 23.0. The largest absolute Gasteiger partial charge is 0.462 e. The lowest BCUT2D eigenvalue weighted by molar-refractivity contribution is -0.150. The Kier molecular flexibility index (Phi) is 6.73. The van der Waals surface area contributed by atoms with Gasteiger partial charge in [0.1, 0.15) is 12.6 Å². The number of hydrogen-bond acceptors (Lipinski definition) is 5. The van der Waals surface area contributed by atoms with E-state index < -0.39 is 12.0 Å². The molecule has 5 nitrogen and oxygen atoms in total.